The summed E-state index contributed by atoms with van der Waals surface area (Å²) >= 11 is 0. The van der Waals surface area contributed by atoms with Gasteiger partial charge >= 0.3 is 0 Å². The number of aryl methyl sites for hydroxylation is 1. The largest absolute Gasteiger partial charge is 0.508 e. The van der Waals surface area contributed by atoms with Crippen LogP contribution in [0.15, 0.2) is 53.3 Å². The molecule has 0 aliphatic carbocycles. The highest BCUT2D eigenvalue weighted by atomic mass is 16.3. The molecule has 0 spiro atoms. The molecule has 94 valence electrons. The second kappa shape index (κ2) is 4.24. The first-order valence-electron chi connectivity index (χ1n) is 5.94. The van der Waals surface area contributed by atoms with Gasteiger partial charge in [-0.15, -0.1) is 0 Å². The van der Waals surface area contributed by atoms with E-state index in [4.69, 9.17) is 0 Å². The molecule has 0 aliphatic heterocycles. The highest BCUT2D eigenvalue weighted by molar-refractivity contribution is 5.79. The molecule has 0 saturated carbocycles. The minimum Gasteiger partial charge on any atom is -0.508 e. The molecule has 4 nitrogen and oxygen atoms in total. The lowest BCUT2D eigenvalue weighted by molar-refractivity contribution is 0.476. The van der Waals surface area contributed by atoms with Gasteiger partial charge in [-0.1, -0.05) is 17.7 Å². The van der Waals surface area contributed by atoms with Crippen molar-refractivity contribution in [3.63, 3.8) is 0 Å². The molecule has 1 heterocycles. The van der Waals surface area contributed by atoms with E-state index in [1.54, 1.807) is 12.1 Å². The van der Waals surface area contributed by atoms with Gasteiger partial charge in [0, 0.05) is 11.5 Å². The van der Waals surface area contributed by atoms with Crippen molar-refractivity contribution in [2.45, 2.75) is 6.92 Å². The van der Waals surface area contributed by atoms with Crippen LogP contribution in [0.1, 0.15) is 5.56 Å². The first-order chi connectivity index (χ1) is 9.13. The third-order valence-electron chi connectivity index (χ3n) is 2.99. The van der Waals surface area contributed by atoms with Crippen molar-refractivity contribution in [3.8, 4) is 11.4 Å². The molecule has 0 atom stereocenters. The van der Waals surface area contributed by atoms with Crippen molar-refractivity contribution in [2.24, 2.45) is 0 Å². The SMILES string of the molecule is Cc1ccc(-n2nc3ccc(O)cc3cc2=O)cc1. The van der Waals surface area contributed by atoms with Crippen LogP contribution in [0.5, 0.6) is 5.75 Å². The molecular formula is C15H12N2O2. The molecule has 2 aromatic carbocycles. The second-order valence-electron chi connectivity index (χ2n) is 4.47. The first kappa shape index (κ1) is 11.5. The maximum Gasteiger partial charge on any atom is 0.272 e. The Morgan fingerprint density at radius 3 is 2.53 bits per heavy atom. The molecule has 0 amide bonds. The molecule has 4 heteroatoms. The Morgan fingerprint density at radius 1 is 1.05 bits per heavy atom. The molecule has 0 saturated heterocycles. The maximum absolute atomic E-state index is 12.0. The van der Waals surface area contributed by atoms with Crippen LogP contribution in [-0.2, 0) is 0 Å². The molecular weight excluding hydrogens is 240 g/mol. The first-order valence-corrected chi connectivity index (χ1v) is 5.94. The van der Waals surface area contributed by atoms with Gasteiger partial charge in [0.1, 0.15) is 5.75 Å². The molecule has 0 fully saturated rings. The van der Waals surface area contributed by atoms with Crippen LogP contribution in [0.2, 0.25) is 0 Å². The van der Waals surface area contributed by atoms with Gasteiger partial charge in [-0.2, -0.15) is 9.78 Å². The van der Waals surface area contributed by atoms with Crippen LogP contribution in [0.25, 0.3) is 16.6 Å². The predicted octanol–water partition coefficient (Wildman–Crippen LogP) is 2.40. The van der Waals surface area contributed by atoms with Gasteiger partial charge in [0.05, 0.1) is 11.2 Å². The summed E-state index contributed by atoms with van der Waals surface area (Å²) in [6.45, 7) is 1.99. The van der Waals surface area contributed by atoms with E-state index < -0.39 is 0 Å². The number of phenols is 1. The lowest BCUT2D eigenvalue weighted by Crippen LogP contribution is -2.19. The molecule has 19 heavy (non-hydrogen) atoms. The number of fused-ring (bicyclic) bond motifs is 1. The van der Waals surface area contributed by atoms with E-state index in [0.29, 0.717) is 10.9 Å². The van der Waals surface area contributed by atoms with Crippen LogP contribution in [0.3, 0.4) is 0 Å². The van der Waals surface area contributed by atoms with Crippen molar-refractivity contribution < 1.29 is 5.11 Å². The highest BCUT2D eigenvalue weighted by Gasteiger charge is 2.04. The number of phenolic OH excluding ortho intramolecular Hbond substituents is 1. The van der Waals surface area contributed by atoms with Gasteiger partial charge in [0.25, 0.3) is 5.56 Å². The Labute approximate surface area is 109 Å². The summed E-state index contributed by atoms with van der Waals surface area (Å²) in [4.78, 5) is 12.0. The monoisotopic (exact) mass is 252 g/mol. The zero-order chi connectivity index (χ0) is 13.4. The number of hydrogen-bond acceptors (Lipinski definition) is 3. The van der Waals surface area contributed by atoms with E-state index in [-0.39, 0.29) is 11.3 Å². The van der Waals surface area contributed by atoms with Crippen LogP contribution in [0, 0.1) is 6.92 Å². The lowest BCUT2D eigenvalue weighted by atomic mass is 10.2. The van der Waals surface area contributed by atoms with Crippen molar-refractivity contribution in [1.29, 1.82) is 0 Å². The van der Waals surface area contributed by atoms with Crippen LogP contribution >= 0.6 is 0 Å². The highest BCUT2D eigenvalue weighted by Crippen LogP contribution is 2.17. The molecule has 3 aromatic rings. The van der Waals surface area contributed by atoms with E-state index >= 15 is 0 Å². The van der Waals surface area contributed by atoms with E-state index in [0.717, 1.165) is 11.3 Å². The molecule has 0 radical (unpaired) electrons. The van der Waals surface area contributed by atoms with Crippen LogP contribution < -0.4 is 5.56 Å². The molecule has 1 aromatic heterocycles. The molecule has 1 N–H and O–H groups in total. The smallest absolute Gasteiger partial charge is 0.272 e. The van der Waals surface area contributed by atoms with Crippen molar-refractivity contribution in [3.05, 3.63) is 64.4 Å². The van der Waals surface area contributed by atoms with Gasteiger partial charge in [-0.3, -0.25) is 4.79 Å². The average Bonchev–Trinajstić information content (AvgIpc) is 2.39. The van der Waals surface area contributed by atoms with Gasteiger partial charge in [0.2, 0.25) is 0 Å². The van der Waals surface area contributed by atoms with Crippen molar-refractivity contribution in [2.75, 3.05) is 0 Å². The Bertz CT molecular complexity index is 804. The van der Waals surface area contributed by atoms with Gasteiger partial charge < -0.3 is 5.11 Å². The fourth-order valence-electron chi connectivity index (χ4n) is 1.97. The zero-order valence-corrected chi connectivity index (χ0v) is 10.4. The number of nitrogens with zero attached hydrogens (tertiary/aromatic N) is 2. The Balaban J connectivity index is 2.24. The predicted molar refractivity (Wildman–Crippen MR) is 73.7 cm³/mol. The van der Waals surface area contributed by atoms with Crippen LogP contribution in [-0.4, -0.2) is 14.9 Å². The van der Waals surface area contributed by atoms with Gasteiger partial charge in [-0.25, -0.2) is 0 Å². The molecule has 0 aliphatic rings. The number of aromatic hydroxyl groups is 1. The quantitative estimate of drug-likeness (QED) is 0.723. The fraction of sp³-hybridized carbons (Fsp3) is 0.0667. The fourth-order valence-corrected chi connectivity index (χ4v) is 1.97. The Hall–Kier alpha value is -2.62. The van der Waals surface area contributed by atoms with Gasteiger partial charge in [0.15, 0.2) is 0 Å². The summed E-state index contributed by atoms with van der Waals surface area (Å²) < 4.78 is 1.36. The van der Waals surface area contributed by atoms with Crippen molar-refractivity contribution in [1.82, 2.24) is 9.78 Å². The minimum atomic E-state index is -0.220. The third kappa shape index (κ3) is 2.08. The summed E-state index contributed by atoms with van der Waals surface area (Å²) in [6.07, 6.45) is 0. The van der Waals surface area contributed by atoms with E-state index in [9.17, 15) is 9.90 Å². The minimum absolute atomic E-state index is 0.127. The summed E-state index contributed by atoms with van der Waals surface area (Å²) in [7, 11) is 0. The summed E-state index contributed by atoms with van der Waals surface area (Å²) in [5, 5.41) is 14.3. The van der Waals surface area contributed by atoms with E-state index in [1.165, 1.54) is 16.8 Å². The standard InChI is InChI=1S/C15H12N2O2/c1-10-2-4-12(5-3-10)17-15(19)9-11-8-13(18)6-7-14(11)16-17/h2-9,18H,1H3. The lowest BCUT2D eigenvalue weighted by Gasteiger charge is -2.06. The average molecular weight is 252 g/mol. The summed E-state index contributed by atoms with van der Waals surface area (Å²) in [5.74, 6) is 0.127. The van der Waals surface area contributed by atoms with Crippen molar-refractivity contribution >= 4 is 10.9 Å². The Morgan fingerprint density at radius 2 is 1.79 bits per heavy atom. The number of hydrogen-bond donors (Lipinski definition) is 1. The topological polar surface area (TPSA) is 55.1 Å². The van der Waals surface area contributed by atoms with E-state index in [2.05, 4.69) is 5.10 Å². The number of rotatable bonds is 1. The Kier molecular flexibility index (Phi) is 2.56. The normalized spacial score (nSPS) is 10.8. The maximum atomic E-state index is 12.0. The van der Waals surface area contributed by atoms with Gasteiger partial charge in [-0.05, 0) is 37.3 Å². The third-order valence-corrected chi connectivity index (χ3v) is 2.99. The number of benzene rings is 2. The molecule has 0 bridgehead atoms. The summed E-state index contributed by atoms with van der Waals surface area (Å²) in [5.41, 5.74) is 2.30. The molecule has 0 unspecified atom stereocenters. The van der Waals surface area contributed by atoms with E-state index in [1.807, 2.05) is 31.2 Å². The molecule has 3 rings (SSSR count). The second-order valence-corrected chi connectivity index (χ2v) is 4.47. The number of aromatic nitrogens is 2. The van der Waals surface area contributed by atoms with Crippen LogP contribution in [0.4, 0.5) is 0 Å². The summed E-state index contributed by atoms with van der Waals surface area (Å²) in [6, 6.07) is 13.8. The zero-order valence-electron chi connectivity index (χ0n) is 10.4.